The van der Waals surface area contributed by atoms with E-state index in [1.54, 1.807) is 12.1 Å². The highest BCUT2D eigenvalue weighted by atomic mass is 19.1. The lowest BCUT2D eigenvalue weighted by atomic mass is 10.2. The van der Waals surface area contributed by atoms with E-state index in [1.807, 2.05) is 18.2 Å². The SMILES string of the molecule is O=C(COc1cccc2ccc(N3CCCCCC3)nc12)NCc1ccc(F)cc1. The second-order valence-corrected chi connectivity index (χ2v) is 7.59. The summed E-state index contributed by atoms with van der Waals surface area (Å²) in [6, 6.07) is 15.9. The number of pyridine rings is 1. The van der Waals surface area contributed by atoms with E-state index < -0.39 is 0 Å². The second kappa shape index (κ2) is 9.57. The lowest BCUT2D eigenvalue weighted by molar-refractivity contribution is -0.123. The van der Waals surface area contributed by atoms with Crippen LogP contribution in [-0.2, 0) is 11.3 Å². The first-order chi connectivity index (χ1) is 14.7. The number of carbonyl (C=O) groups excluding carboxylic acids is 1. The molecule has 0 spiro atoms. The van der Waals surface area contributed by atoms with Crippen molar-refractivity contribution in [2.75, 3.05) is 24.6 Å². The van der Waals surface area contributed by atoms with Crippen molar-refractivity contribution in [3.05, 3.63) is 66.0 Å². The van der Waals surface area contributed by atoms with Crippen LogP contribution < -0.4 is 15.0 Å². The van der Waals surface area contributed by atoms with Gasteiger partial charge in [-0.15, -0.1) is 0 Å². The van der Waals surface area contributed by atoms with E-state index in [9.17, 15) is 9.18 Å². The van der Waals surface area contributed by atoms with Gasteiger partial charge < -0.3 is 15.0 Å². The first-order valence-electron chi connectivity index (χ1n) is 10.5. The van der Waals surface area contributed by atoms with Crippen LogP contribution in [0.3, 0.4) is 0 Å². The molecule has 1 aromatic heterocycles. The maximum Gasteiger partial charge on any atom is 0.258 e. The van der Waals surface area contributed by atoms with Gasteiger partial charge in [0.15, 0.2) is 6.61 Å². The second-order valence-electron chi connectivity index (χ2n) is 7.59. The maximum absolute atomic E-state index is 13.0. The Labute approximate surface area is 175 Å². The van der Waals surface area contributed by atoms with Gasteiger partial charge in [0.05, 0.1) is 0 Å². The number of fused-ring (bicyclic) bond motifs is 1. The molecule has 30 heavy (non-hydrogen) atoms. The Morgan fingerprint density at radius 2 is 1.77 bits per heavy atom. The van der Waals surface area contributed by atoms with Crippen LogP contribution >= 0.6 is 0 Å². The molecule has 2 heterocycles. The zero-order valence-corrected chi connectivity index (χ0v) is 16.9. The van der Waals surface area contributed by atoms with E-state index in [2.05, 4.69) is 22.3 Å². The normalized spacial score (nSPS) is 14.4. The third-order valence-electron chi connectivity index (χ3n) is 5.36. The number of nitrogens with zero attached hydrogens (tertiary/aromatic N) is 2. The van der Waals surface area contributed by atoms with E-state index in [1.165, 1.54) is 37.8 Å². The van der Waals surface area contributed by atoms with Crippen LogP contribution in [0, 0.1) is 5.82 Å². The first-order valence-corrected chi connectivity index (χ1v) is 10.5. The summed E-state index contributed by atoms with van der Waals surface area (Å²) >= 11 is 0. The van der Waals surface area contributed by atoms with Gasteiger partial charge in [0, 0.05) is 25.0 Å². The van der Waals surface area contributed by atoms with E-state index >= 15 is 0 Å². The molecule has 0 radical (unpaired) electrons. The summed E-state index contributed by atoms with van der Waals surface area (Å²) in [6.45, 7) is 2.27. The number of rotatable bonds is 6. The van der Waals surface area contributed by atoms with Gasteiger partial charge in [0.1, 0.15) is 22.9 Å². The Bertz CT molecular complexity index is 999. The van der Waals surface area contributed by atoms with Crippen LogP contribution in [0.25, 0.3) is 10.9 Å². The Balaban J connectivity index is 1.42. The molecule has 0 saturated carbocycles. The molecule has 3 aromatic rings. The largest absolute Gasteiger partial charge is 0.481 e. The third-order valence-corrected chi connectivity index (χ3v) is 5.36. The minimum atomic E-state index is -0.295. The van der Waals surface area contributed by atoms with E-state index in [-0.39, 0.29) is 18.3 Å². The predicted octanol–water partition coefficient (Wildman–Crippen LogP) is 4.45. The van der Waals surface area contributed by atoms with Crippen molar-refractivity contribution in [2.24, 2.45) is 0 Å². The molecular formula is C24H26FN3O2. The molecule has 0 unspecified atom stereocenters. The van der Waals surface area contributed by atoms with Crippen LogP contribution in [0.15, 0.2) is 54.6 Å². The molecule has 1 saturated heterocycles. The average molecular weight is 407 g/mol. The number of carbonyl (C=O) groups is 1. The summed E-state index contributed by atoms with van der Waals surface area (Å²) in [5.41, 5.74) is 1.60. The summed E-state index contributed by atoms with van der Waals surface area (Å²) in [5, 5.41) is 3.78. The summed E-state index contributed by atoms with van der Waals surface area (Å²) in [6.07, 6.45) is 4.91. The molecule has 6 heteroatoms. The molecule has 0 atom stereocenters. The van der Waals surface area contributed by atoms with E-state index in [0.717, 1.165) is 35.4 Å². The van der Waals surface area contributed by atoms with Crippen molar-refractivity contribution in [3.8, 4) is 5.75 Å². The lowest BCUT2D eigenvalue weighted by Crippen LogP contribution is -2.28. The van der Waals surface area contributed by atoms with Crippen molar-refractivity contribution >= 4 is 22.6 Å². The van der Waals surface area contributed by atoms with Gasteiger partial charge in [-0.25, -0.2) is 9.37 Å². The van der Waals surface area contributed by atoms with Gasteiger partial charge in [-0.2, -0.15) is 0 Å². The van der Waals surface area contributed by atoms with Crippen LogP contribution in [0.5, 0.6) is 5.75 Å². The average Bonchev–Trinajstić information content (AvgIpc) is 3.06. The number of nitrogens with one attached hydrogen (secondary N) is 1. The standard InChI is InChI=1S/C24H26FN3O2/c25-20-11-8-18(9-12-20)16-26-23(29)17-30-21-7-5-6-19-10-13-22(27-24(19)21)28-14-3-1-2-4-15-28/h5-13H,1-4,14-17H2,(H,26,29). The van der Waals surface area contributed by atoms with Crippen molar-refractivity contribution < 1.29 is 13.9 Å². The quantitative estimate of drug-likeness (QED) is 0.656. The molecule has 0 aliphatic carbocycles. The fourth-order valence-electron chi connectivity index (χ4n) is 3.70. The number of halogens is 1. The summed E-state index contributed by atoms with van der Waals surface area (Å²) in [5.74, 6) is 1.03. The fourth-order valence-corrected chi connectivity index (χ4v) is 3.70. The van der Waals surface area contributed by atoms with E-state index in [0.29, 0.717) is 12.3 Å². The molecule has 1 amide bonds. The number of hydrogen-bond acceptors (Lipinski definition) is 4. The van der Waals surface area contributed by atoms with Gasteiger partial charge in [0.2, 0.25) is 0 Å². The number of ether oxygens (including phenoxy) is 1. The van der Waals surface area contributed by atoms with Gasteiger partial charge >= 0.3 is 0 Å². The van der Waals surface area contributed by atoms with Crippen LogP contribution in [0.4, 0.5) is 10.2 Å². The molecule has 1 aliphatic rings. The summed E-state index contributed by atoms with van der Waals surface area (Å²) < 4.78 is 18.8. The molecule has 156 valence electrons. The zero-order valence-electron chi connectivity index (χ0n) is 16.9. The van der Waals surface area contributed by atoms with Crippen LogP contribution in [0.1, 0.15) is 31.2 Å². The Hall–Kier alpha value is -3.15. The maximum atomic E-state index is 13.0. The van der Waals surface area contributed by atoms with Crippen molar-refractivity contribution in [2.45, 2.75) is 32.2 Å². The van der Waals surface area contributed by atoms with Gasteiger partial charge in [-0.05, 0) is 48.7 Å². The number of para-hydroxylation sites is 1. The van der Waals surface area contributed by atoms with Crippen molar-refractivity contribution in [1.82, 2.24) is 10.3 Å². The predicted molar refractivity (Wildman–Crippen MR) is 116 cm³/mol. The molecule has 1 N–H and O–H groups in total. The number of anilines is 1. The molecule has 0 bridgehead atoms. The van der Waals surface area contributed by atoms with Gasteiger partial charge in [-0.3, -0.25) is 4.79 Å². The van der Waals surface area contributed by atoms with Crippen molar-refractivity contribution in [1.29, 1.82) is 0 Å². The molecular weight excluding hydrogens is 381 g/mol. The number of aromatic nitrogens is 1. The Kier molecular flexibility index (Phi) is 6.42. The van der Waals surface area contributed by atoms with Crippen molar-refractivity contribution in [3.63, 3.8) is 0 Å². The van der Waals surface area contributed by atoms with Gasteiger partial charge in [-0.1, -0.05) is 37.1 Å². The molecule has 1 fully saturated rings. The Morgan fingerprint density at radius 3 is 2.53 bits per heavy atom. The van der Waals surface area contributed by atoms with Crippen LogP contribution in [0.2, 0.25) is 0 Å². The smallest absolute Gasteiger partial charge is 0.258 e. The zero-order chi connectivity index (χ0) is 20.8. The molecule has 5 nitrogen and oxygen atoms in total. The number of hydrogen-bond donors (Lipinski definition) is 1. The summed E-state index contributed by atoms with van der Waals surface area (Å²) in [7, 11) is 0. The molecule has 4 rings (SSSR count). The number of amides is 1. The monoisotopic (exact) mass is 407 g/mol. The minimum Gasteiger partial charge on any atom is -0.481 e. The fraction of sp³-hybridized carbons (Fsp3) is 0.333. The third kappa shape index (κ3) is 5.06. The molecule has 2 aromatic carbocycles. The Morgan fingerprint density at radius 1 is 1.00 bits per heavy atom. The number of benzene rings is 2. The lowest BCUT2D eigenvalue weighted by Gasteiger charge is -2.22. The topological polar surface area (TPSA) is 54.5 Å². The van der Waals surface area contributed by atoms with Gasteiger partial charge in [0.25, 0.3) is 5.91 Å². The first kappa shape index (κ1) is 20.1. The summed E-state index contributed by atoms with van der Waals surface area (Å²) in [4.78, 5) is 19.4. The highest BCUT2D eigenvalue weighted by Gasteiger charge is 2.13. The highest BCUT2D eigenvalue weighted by Crippen LogP contribution is 2.27. The van der Waals surface area contributed by atoms with E-state index in [4.69, 9.17) is 9.72 Å². The highest BCUT2D eigenvalue weighted by molar-refractivity contribution is 5.86. The van der Waals surface area contributed by atoms with Crippen LogP contribution in [-0.4, -0.2) is 30.6 Å². The minimum absolute atomic E-state index is 0.101. The molecule has 1 aliphatic heterocycles.